The predicted molar refractivity (Wildman–Crippen MR) is 71.6 cm³/mol. The molecule has 1 aromatic carbocycles. The van der Waals surface area contributed by atoms with Crippen LogP contribution >= 0.6 is 0 Å². The summed E-state index contributed by atoms with van der Waals surface area (Å²) >= 11 is 0. The van der Waals surface area contributed by atoms with Crippen LogP contribution in [0, 0.1) is 11.3 Å². The normalized spacial score (nSPS) is 23.2. The second-order valence-electron chi connectivity index (χ2n) is 4.75. The van der Waals surface area contributed by atoms with E-state index in [1.807, 2.05) is 12.1 Å². The molecule has 4 nitrogen and oxygen atoms in total. The minimum atomic E-state index is 0.330. The van der Waals surface area contributed by atoms with Crippen LogP contribution in [0.25, 0.3) is 0 Å². The van der Waals surface area contributed by atoms with Crippen LogP contribution < -0.4 is 15.8 Å². The van der Waals surface area contributed by atoms with Gasteiger partial charge >= 0.3 is 0 Å². The van der Waals surface area contributed by atoms with Gasteiger partial charge in [-0.15, -0.1) is 0 Å². The first-order valence-electron chi connectivity index (χ1n) is 6.33. The summed E-state index contributed by atoms with van der Waals surface area (Å²) in [6, 6.07) is 8.42. The molecule has 1 saturated carbocycles. The van der Waals surface area contributed by atoms with Gasteiger partial charge in [0.1, 0.15) is 11.8 Å². The molecule has 4 heteroatoms. The smallest absolute Gasteiger partial charge is 0.143 e. The van der Waals surface area contributed by atoms with Crippen molar-refractivity contribution in [3.8, 4) is 11.8 Å². The first kappa shape index (κ1) is 12.7. The molecule has 1 aliphatic rings. The van der Waals surface area contributed by atoms with Crippen LogP contribution in [-0.2, 0) is 0 Å². The van der Waals surface area contributed by atoms with E-state index < -0.39 is 0 Å². The minimum absolute atomic E-state index is 0.330. The maximum atomic E-state index is 9.14. The lowest BCUT2D eigenvalue weighted by molar-refractivity contribution is 0.401. The number of para-hydroxylation sites is 1. The average Bonchev–Trinajstić information content (AvgIpc) is 2.41. The number of nitrogens with zero attached hydrogens (tertiary/aromatic N) is 1. The summed E-state index contributed by atoms with van der Waals surface area (Å²) in [4.78, 5) is 0. The van der Waals surface area contributed by atoms with Gasteiger partial charge in [0.25, 0.3) is 0 Å². The van der Waals surface area contributed by atoms with E-state index in [1.165, 1.54) is 0 Å². The predicted octanol–water partition coefficient (Wildman–Crippen LogP) is 2.25. The highest BCUT2D eigenvalue weighted by molar-refractivity contribution is 5.66. The fourth-order valence-electron chi connectivity index (χ4n) is 2.41. The van der Waals surface area contributed by atoms with E-state index >= 15 is 0 Å². The summed E-state index contributed by atoms with van der Waals surface area (Å²) in [5, 5.41) is 12.6. The maximum absolute atomic E-state index is 9.14. The van der Waals surface area contributed by atoms with Gasteiger partial charge in [0.05, 0.1) is 18.4 Å². The van der Waals surface area contributed by atoms with Crippen LogP contribution in [0.1, 0.15) is 31.2 Å². The molecule has 0 aromatic heterocycles. The number of nitriles is 1. The van der Waals surface area contributed by atoms with Crippen molar-refractivity contribution in [3.63, 3.8) is 0 Å². The third-order valence-corrected chi connectivity index (χ3v) is 3.49. The monoisotopic (exact) mass is 245 g/mol. The lowest BCUT2D eigenvalue weighted by atomic mass is 9.91. The third-order valence-electron chi connectivity index (χ3n) is 3.49. The highest BCUT2D eigenvalue weighted by Gasteiger charge is 2.20. The molecule has 0 amide bonds. The quantitative estimate of drug-likeness (QED) is 0.856. The maximum Gasteiger partial charge on any atom is 0.143 e. The molecule has 1 fully saturated rings. The van der Waals surface area contributed by atoms with Gasteiger partial charge in [-0.1, -0.05) is 6.07 Å². The Kier molecular flexibility index (Phi) is 4.06. The molecule has 3 N–H and O–H groups in total. The molecular weight excluding hydrogens is 226 g/mol. The molecule has 0 saturated heterocycles. The van der Waals surface area contributed by atoms with Crippen molar-refractivity contribution < 1.29 is 4.74 Å². The zero-order valence-corrected chi connectivity index (χ0v) is 10.6. The fourth-order valence-corrected chi connectivity index (χ4v) is 2.41. The summed E-state index contributed by atoms with van der Waals surface area (Å²) in [5.74, 6) is 0.726. The van der Waals surface area contributed by atoms with Crippen molar-refractivity contribution in [1.82, 2.24) is 0 Å². The van der Waals surface area contributed by atoms with E-state index in [0.29, 0.717) is 17.6 Å². The third kappa shape index (κ3) is 2.74. The van der Waals surface area contributed by atoms with Gasteiger partial charge in [0, 0.05) is 12.1 Å². The van der Waals surface area contributed by atoms with Gasteiger partial charge in [-0.25, -0.2) is 0 Å². The molecule has 0 atom stereocenters. The van der Waals surface area contributed by atoms with Crippen LogP contribution in [0.15, 0.2) is 18.2 Å². The zero-order valence-electron chi connectivity index (χ0n) is 10.6. The number of hydrogen-bond acceptors (Lipinski definition) is 4. The molecule has 1 aliphatic carbocycles. The van der Waals surface area contributed by atoms with Crippen molar-refractivity contribution in [1.29, 1.82) is 5.26 Å². The largest absolute Gasteiger partial charge is 0.495 e. The van der Waals surface area contributed by atoms with E-state index in [9.17, 15) is 0 Å². The van der Waals surface area contributed by atoms with Gasteiger partial charge in [-0.05, 0) is 37.8 Å². The standard InChI is InChI=1S/C14H19N3O/c1-18-13-4-2-3-10(9-15)14(13)17-12-7-5-11(16)6-8-12/h2-4,11-12,17H,5-8,16H2,1H3. The Morgan fingerprint density at radius 2 is 2.06 bits per heavy atom. The highest BCUT2D eigenvalue weighted by Crippen LogP contribution is 2.31. The molecule has 0 spiro atoms. The second kappa shape index (κ2) is 5.74. The van der Waals surface area contributed by atoms with Crippen LogP contribution in [-0.4, -0.2) is 19.2 Å². The Morgan fingerprint density at radius 1 is 1.33 bits per heavy atom. The Hall–Kier alpha value is -1.73. The molecule has 18 heavy (non-hydrogen) atoms. The first-order valence-corrected chi connectivity index (χ1v) is 6.33. The molecule has 0 unspecified atom stereocenters. The van der Waals surface area contributed by atoms with Gasteiger partial charge in [0.15, 0.2) is 0 Å². The van der Waals surface area contributed by atoms with Crippen LogP contribution in [0.3, 0.4) is 0 Å². The number of nitrogens with one attached hydrogen (secondary N) is 1. The van der Waals surface area contributed by atoms with Gasteiger partial charge in [-0.3, -0.25) is 0 Å². The fraction of sp³-hybridized carbons (Fsp3) is 0.500. The van der Waals surface area contributed by atoms with E-state index in [0.717, 1.165) is 37.1 Å². The number of anilines is 1. The van der Waals surface area contributed by atoms with Crippen LogP contribution in [0.4, 0.5) is 5.69 Å². The summed E-state index contributed by atoms with van der Waals surface area (Å²) in [6.07, 6.45) is 4.16. The van der Waals surface area contributed by atoms with E-state index in [1.54, 1.807) is 13.2 Å². The SMILES string of the molecule is COc1cccc(C#N)c1NC1CCC(N)CC1. The van der Waals surface area contributed by atoms with Gasteiger partial charge in [0.2, 0.25) is 0 Å². The minimum Gasteiger partial charge on any atom is -0.495 e. The van der Waals surface area contributed by atoms with Gasteiger partial charge in [-0.2, -0.15) is 5.26 Å². The van der Waals surface area contributed by atoms with Crippen molar-refractivity contribution in [2.24, 2.45) is 5.73 Å². The molecule has 96 valence electrons. The van der Waals surface area contributed by atoms with Crippen LogP contribution in [0.5, 0.6) is 5.75 Å². The molecule has 2 rings (SSSR count). The summed E-state index contributed by atoms with van der Waals surface area (Å²) in [6.45, 7) is 0. The van der Waals surface area contributed by atoms with Crippen molar-refractivity contribution in [2.45, 2.75) is 37.8 Å². The Bertz CT molecular complexity index is 445. The molecule has 0 bridgehead atoms. The molecule has 0 heterocycles. The summed E-state index contributed by atoms with van der Waals surface area (Å²) < 4.78 is 5.31. The number of ether oxygens (including phenoxy) is 1. The lowest BCUT2D eigenvalue weighted by Crippen LogP contribution is -2.33. The Balaban J connectivity index is 2.15. The number of hydrogen-bond donors (Lipinski definition) is 2. The Labute approximate surface area is 108 Å². The second-order valence-corrected chi connectivity index (χ2v) is 4.75. The van der Waals surface area contributed by atoms with E-state index in [-0.39, 0.29) is 0 Å². The summed E-state index contributed by atoms with van der Waals surface area (Å²) in [7, 11) is 1.62. The molecular formula is C14H19N3O. The van der Waals surface area contributed by atoms with Gasteiger partial charge < -0.3 is 15.8 Å². The summed E-state index contributed by atoms with van der Waals surface area (Å²) in [5.41, 5.74) is 7.33. The number of benzene rings is 1. The van der Waals surface area contributed by atoms with Crippen molar-refractivity contribution >= 4 is 5.69 Å². The molecule has 0 aliphatic heterocycles. The Morgan fingerprint density at radius 3 is 2.67 bits per heavy atom. The first-order chi connectivity index (χ1) is 8.74. The number of nitrogens with two attached hydrogens (primary N) is 1. The topological polar surface area (TPSA) is 71.1 Å². The lowest BCUT2D eigenvalue weighted by Gasteiger charge is -2.28. The van der Waals surface area contributed by atoms with E-state index in [4.69, 9.17) is 15.7 Å². The molecule has 1 aromatic rings. The zero-order chi connectivity index (χ0) is 13.0. The van der Waals surface area contributed by atoms with Crippen molar-refractivity contribution in [3.05, 3.63) is 23.8 Å². The van der Waals surface area contributed by atoms with E-state index in [2.05, 4.69) is 11.4 Å². The number of methoxy groups -OCH3 is 1. The highest BCUT2D eigenvalue weighted by atomic mass is 16.5. The average molecular weight is 245 g/mol. The molecule has 0 radical (unpaired) electrons. The van der Waals surface area contributed by atoms with Crippen LogP contribution in [0.2, 0.25) is 0 Å². The number of rotatable bonds is 3. The van der Waals surface area contributed by atoms with Crippen molar-refractivity contribution in [2.75, 3.05) is 12.4 Å².